The van der Waals surface area contributed by atoms with Gasteiger partial charge in [0.15, 0.2) is 0 Å². The highest BCUT2D eigenvalue weighted by Gasteiger charge is 2.31. The zero-order chi connectivity index (χ0) is 24.3. The Morgan fingerprint density at radius 3 is 2.12 bits per heavy atom. The van der Waals surface area contributed by atoms with E-state index in [2.05, 4.69) is 11.7 Å². The van der Waals surface area contributed by atoms with Gasteiger partial charge in [0.25, 0.3) is 0 Å². The van der Waals surface area contributed by atoms with Crippen LogP contribution in [0.1, 0.15) is 69.8 Å². The first-order valence-corrected chi connectivity index (χ1v) is 12.0. The highest BCUT2D eigenvalue weighted by molar-refractivity contribution is 5.88. The summed E-state index contributed by atoms with van der Waals surface area (Å²) in [6, 6.07) is 11.4. The molecule has 4 rings (SSSR count). The summed E-state index contributed by atoms with van der Waals surface area (Å²) >= 11 is 0. The third kappa shape index (κ3) is 5.89. The normalized spacial score (nSPS) is 18.9. The van der Waals surface area contributed by atoms with Crippen LogP contribution in [0.15, 0.2) is 48.5 Å². The summed E-state index contributed by atoms with van der Waals surface area (Å²) in [5.41, 5.74) is 0.938. The van der Waals surface area contributed by atoms with Crippen molar-refractivity contribution in [3.8, 4) is 16.9 Å². The lowest BCUT2D eigenvalue weighted by atomic mass is 9.76. The van der Waals surface area contributed by atoms with Crippen molar-refractivity contribution in [2.75, 3.05) is 0 Å². The third-order valence-corrected chi connectivity index (χ3v) is 6.93. The third-order valence-electron chi connectivity index (χ3n) is 6.93. The van der Waals surface area contributed by atoms with Crippen molar-refractivity contribution in [3.63, 3.8) is 0 Å². The summed E-state index contributed by atoms with van der Waals surface area (Å²) < 4.78 is 71.5. The molecule has 0 spiro atoms. The number of fused-ring (bicyclic) bond motifs is 1. The van der Waals surface area contributed by atoms with E-state index in [9.17, 15) is 13.2 Å². The molecule has 0 bridgehead atoms. The van der Waals surface area contributed by atoms with E-state index in [0.29, 0.717) is 21.9 Å². The number of hydrogen-bond acceptors (Lipinski definition) is 1. The number of halogens is 5. The number of ether oxygens (including phenoxy) is 1. The SMILES string of the molecule is CCCCCC1CCC(c2cc(F)c(-c3ccc4cc(OC(F)(F)F)ccc4c3)c(F)c2)CC1. The van der Waals surface area contributed by atoms with Crippen LogP contribution < -0.4 is 4.74 Å². The largest absolute Gasteiger partial charge is 0.573 e. The molecule has 0 aromatic heterocycles. The average molecular weight is 477 g/mol. The molecule has 1 aliphatic rings. The molecule has 0 amide bonds. The fourth-order valence-corrected chi connectivity index (χ4v) is 5.15. The highest BCUT2D eigenvalue weighted by Crippen LogP contribution is 2.40. The van der Waals surface area contributed by atoms with Crippen LogP contribution in [0.5, 0.6) is 5.75 Å². The summed E-state index contributed by atoms with van der Waals surface area (Å²) in [4.78, 5) is 0. The number of rotatable bonds is 7. The molecule has 3 aromatic carbocycles. The van der Waals surface area contributed by atoms with Crippen LogP contribution in [-0.4, -0.2) is 6.36 Å². The average Bonchev–Trinajstić information content (AvgIpc) is 2.78. The number of hydrogen-bond donors (Lipinski definition) is 0. The first-order chi connectivity index (χ1) is 16.2. The zero-order valence-corrected chi connectivity index (χ0v) is 19.2. The second-order valence-corrected chi connectivity index (χ2v) is 9.34. The first kappa shape index (κ1) is 24.5. The van der Waals surface area contributed by atoms with Gasteiger partial charge in [0, 0.05) is 0 Å². The van der Waals surface area contributed by atoms with Crippen molar-refractivity contribution in [3.05, 3.63) is 65.7 Å². The van der Waals surface area contributed by atoms with Crippen LogP contribution in [0.3, 0.4) is 0 Å². The van der Waals surface area contributed by atoms with Crippen LogP contribution in [0.4, 0.5) is 22.0 Å². The van der Waals surface area contributed by atoms with Gasteiger partial charge in [0.2, 0.25) is 0 Å². The number of benzene rings is 3. The van der Waals surface area contributed by atoms with E-state index in [1.807, 2.05) is 0 Å². The van der Waals surface area contributed by atoms with E-state index in [1.54, 1.807) is 12.1 Å². The molecule has 6 heteroatoms. The molecule has 0 saturated heterocycles. The summed E-state index contributed by atoms with van der Waals surface area (Å²) in [6.45, 7) is 2.20. The molecule has 1 nitrogen and oxygen atoms in total. The fraction of sp³-hybridized carbons (Fsp3) is 0.429. The van der Waals surface area contributed by atoms with E-state index in [1.165, 1.54) is 62.1 Å². The molecule has 0 aliphatic heterocycles. The molecule has 3 aromatic rings. The Kier molecular flexibility index (Phi) is 7.44. The lowest BCUT2D eigenvalue weighted by Gasteiger charge is -2.29. The lowest BCUT2D eigenvalue weighted by molar-refractivity contribution is -0.274. The van der Waals surface area contributed by atoms with Crippen molar-refractivity contribution in [2.45, 2.75) is 70.6 Å². The van der Waals surface area contributed by atoms with Crippen LogP contribution in [-0.2, 0) is 0 Å². The van der Waals surface area contributed by atoms with E-state index in [0.717, 1.165) is 31.6 Å². The van der Waals surface area contributed by atoms with Crippen LogP contribution in [0.25, 0.3) is 21.9 Å². The minimum absolute atomic E-state index is 0.116. The molecular formula is C28H29F5O. The molecule has 0 heterocycles. The Morgan fingerprint density at radius 1 is 0.824 bits per heavy atom. The fourth-order valence-electron chi connectivity index (χ4n) is 5.15. The van der Waals surface area contributed by atoms with Gasteiger partial charge in [-0.25, -0.2) is 8.78 Å². The van der Waals surface area contributed by atoms with Gasteiger partial charge >= 0.3 is 6.36 Å². The summed E-state index contributed by atoms with van der Waals surface area (Å²) in [7, 11) is 0. The molecule has 0 atom stereocenters. The minimum Gasteiger partial charge on any atom is -0.406 e. The zero-order valence-electron chi connectivity index (χ0n) is 19.2. The van der Waals surface area contributed by atoms with Crippen molar-refractivity contribution >= 4 is 10.8 Å². The second-order valence-electron chi connectivity index (χ2n) is 9.34. The topological polar surface area (TPSA) is 9.23 Å². The number of unbranched alkanes of at least 4 members (excludes halogenated alkanes) is 2. The Bertz CT molecular complexity index is 1110. The standard InChI is InChI=1S/C28H29F5O/c1-2-3-4-5-18-6-8-19(9-7-18)23-16-25(29)27(26(30)17-23)22-11-10-21-15-24(34-28(31,32)33)13-12-20(21)14-22/h10-19H,2-9H2,1H3. The second kappa shape index (κ2) is 10.3. The van der Waals surface area contributed by atoms with Crippen molar-refractivity contribution in [1.29, 1.82) is 0 Å². The van der Waals surface area contributed by atoms with Gasteiger partial charge in [0.1, 0.15) is 17.4 Å². The van der Waals surface area contributed by atoms with Crippen molar-refractivity contribution < 1.29 is 26.7 Å². The summed E-state index contributed by atoms with van der Waals surface area (Å²) in [6.07, 6.45) is 4.30. The molecule has 0 unspecified atom stereocenters. The maximum atomic E-state index is 15.1. The van der Waals surface area contributed by atoms with Gasteiger partial charge in [-0.1, -0.05) is 50.8 Å². The number of alkyl halides is 3. The van der Waals surface area contributed by atoms with Gasteiger partial charge in [-0.2, -0.15) is 0 Å². The van der Waals surface area contributed by atoms with Crippen LogP contribution >= 0.6 is 0 Å². The van der Waals surface area contributed by atoms with Gasteiger partial charge in [0.05, 0.1) is 5.56 Å². The molecule has 0 N–H and O–H groups in total. The Balaban J connectivity index is 1.51. The quantitative estimate of drug-likeness (QED) is 0.244. The minimum atomic E-state index is -4.78. The molecule has 1 aliphatic carbocycles. The van der Waals surface area contributed by atoms with Gasteiger partial charge < -0.3 is 4.74 Å². The van der Waals surface area contributed by atoms with Crippen molar-refractivity contribution in [1.82, 2.24) is 0 Å². The molecule has 1 saturated carbocycles. The molecule has 182 valence electrons. The summed E-state index contributed by atoms with van der Waals surface area (Å²) in [5, 5.41) is 1.05. The van der Waals surface area contributed by atoms with Gasteiger partial charge in [-0.3, -0.25) is 0 Å². The van der Waals surface area contributed by atoms with Gasteiger partial charge in [-0.15, -0.1) is 13.2 Å². The molecular weight excluding hydrogens is 447 g/mol. The van der Waals surface area contributed by atoms with Crippen LogP contribution in [0.2, 0.25) is 0 Å². The summed E-state index contributed by atoms with van der Waals surface area (Å²) in [5.74, 6) is -0.678. The Hall–Kier alpha value is -2.63. The van der Waals surface area contributed by atoms with E-state index >= 15 is 8.78 Å². The first-order valence-electron chi connectivity index (χ1n) is 12.0. The van der Waals surface area contributed by atoms with Crippen LogP contribution in [0, 0.1) is 17.6 Å². The lowest BCUT2D eigenvalue weighted by Crippen LogP contribution is -2.16. The van der Waals surface area contributed by atoms with E-state index in [-0.39, 0.29) is 17.2 Å². The predicted octanol–water partition coefficient (Wildman–Crippen LogP) is 9.54. The maximum Gasteiger partial charge on any atom is 0.573 e. The maximum absolute atomic E-state index is 15.1. The Morgan fingerprint density at radius 2 is 1.47 bits per heavy atom. The molecule has 34 heavy (non-hydrogen) atoms. The molecule has 1 fully saturated rings. The highest BCUT2D eigenvalue weighted by atomic mass is 19.4. The van der Waals surface area contributed by atoms with E-state index < -0.39 is 18.0 Å². The van der Waals surface area contributed by atoms with Gasteiger partial charge in [-0.05, 0) is 89.8 Å². The Labute approximate surface area is 196 Å². The van der Waals surface area contributed by atoms with Crippen molar-refractivity contribution in [2.24, 2.45) is 5.92 Å². The monoisotopic (exact) mass is 476 g/mol. The van der Waals surface area contributed by atoms with E-state index in [4.69, 9.17) is 0 Å². The smallest absolute Gasteiger partial charge is 0.406 e. The predicted molar refractivity (Wildman–Crippen MR) is 125 cm³/mol. The molecule has 0 radical (unpaired) electrons.